The molecule has 2 N–H and O–H groups in total. The topological polar surface area (TPSA) is 40.5 Å². The van der Waals surface area contributed by atoms with Crippen molar-refractivity contribution >= 4 is 18.7 Å². The molecule has 0 saturated carbocycles. The van der Waals surface area contributed by atoms with Crippen LogP contribution in [-0.2, 0) is 0 Å². The van der Waals surface area contributed by atoms with Crippen molar-refractivity contribution in [1.29, 1.82) is 0 Å². The van der Waals surface area contributed by atoms with Gasteiger partial charge in [0.15, 0.2) is 0 Å². The summed E-state index contributed by atoms with van der Waals surface area (Å²) in [4.78, 5) is 12.0. The molecule has 134 valence electrons. The average Bonchev–Trinajstić information content (AvgIpc) is 2.62. The van der Waals surface area contributed by atoms with E-state index >= 15 is 0 Å². The minimum atomic E-state index is -2.92. The first kappa shape index (κ1) is 19.6. The summed E-state index contributed by atoms with van der Waals surface area (Å²) in [5, 5.41) is 11.8. The van der Waals surface area contributed by atoms with E-state index in [1.54, 1.807) is 6.08 Å². The van der Waals surface area contributed by atoms with Crippen LogP contribution in [0.5, 0.6) is 0 Å². The molecule has 0 amide bonds. The second kappa shape index (κ2) is 8.61. The summed E-state index contributed by atoms with van der Waals surface area (Å²) in [5.41, 5.74) is 0. The van der Waals surface area contributed by atoms with E-state index in [0.717, 1.165) is 29.6 Å². The first-order valence-electron chi connectivity index (χ1n) is 9.04. The summed E-state index contributed by atoms with van der Waals surface area (Å²) in [6.45, 7) is 8.01. The highest BCUT2D eigenvalue weighted by Gasteiger charge is 2.49. The van der Waals surface area contributed by atoms with Crippen LogP contribution in [-0.4, -0.2) is 24.3 Å². The van der Waals surface area contributed by atoms with Gasteiger partial charge in [0, 0.05) is 0 Å². The van der Waals surface area contributed by atoms with Crippen molar-refractivity contribution in [3.63, 3.8) is 0 Å². The van der Waals surface area contributed by atoms with Gasteiger partial charge in [-0.05, 0) is 34.7 Å². The summed E-state index contributed by atoms with van der Waals surface area (Å²) in [6, 6.07) is 20.2. The van der Waals surface area contributed by atoms with Gasteiger partial charge in [-0.3, -0.25) is 0 Å². The van der Waals surface area contributed by atoms with Crippen molar-refractivity contribution in [3.05, 3.63) is 73.3 Å². The van der Waals surface area contributed by atoms with Gasteiger partial charge in [-0.15, -0.1) is 6.58 Å². The number of hydrogen-bond acceptors (Lipinski definition) is 2. The minimum absolute atomic E-state index is 0.246. The summed E-state index contributed by atoms with van der Waals surface area (Å²) in [7, 11) is -2.92. The Morgan fingerprint density at radius 3 is 1.92 bits per heavy atom. The van der Waals surface area contributed by atoms with Crippen LogP contribution in [0.4, 0.5) is 0 Å². The normalized spacial score (nSPS) is 13.4. The van der Waals surface area contributed by atoms with Crippen LogP contribution in [0.25, 0.3) is 0 Å². The molecular weight excluding hydrogens is 324 g/mol. The molecule has 2 nitrogen and oxygen atoms in total. The van der Waals surface area contributed by atoms with Crippen molar-refractivity contribution in [1.82, 2.24) is 0 Å². The Bertz CT molecular complexity index is 613. The number of benzene rings is 2. The van der Waals surface area contributed by atoms with E-state index in [-0.39, 0.29) is 11.1 Å². The molecule has 0 spiro atoms. The minimum Gasteiger partial charge on any atom is -0.424 e. The molecule has 0 aliphatic rings. The lowest BCUT2D eigenvalue weighted by atomic mass is 10.0. The molecule has 0 bridgehead atoms. The van der Waals surface area contributed by atoms with Crippen molar-refractivity contribution in [2.45, 2.75) is 50.7 Å². The zero-order valence-electron chi connectivity index (χ0n) is 15.4. The van der Waals surface area contributed by atoms with Gasteiger partial charge in [0.25, 0.3) is 8.32 Å². The predicted molar refractivity (Wildman–Crippen MR) is 109 cm³/mol. The Balaban J connectivity index is 2.30. The third-order valence-corrected chi connectivity index (χ3v) is 9.69. The van der Waals surface area contributed by atoms with E-state index in [9.17, 15) is 9.90 Å². The van der Waals surface area contributed by atoms with Crippen molar-refractivity contribution in [2.24, 2.45) is 0 Å². The quantitative estimate of drug-likeness (QED) is 0.533. The Kier molecular flexibility index (Phi) is 6.76. The summed E-state index contributed by atoms with van der Waals surface area (Å²) >= 11 is 0. The van der Waals surface area contributed by atoms with Crippen LogP contribution in [0.3, 0.4) is 0 Å². The SMILES string of the molecule is C=CC[C@@H](O)CCCC(C)(C)[Si](O)(c1ccccc1)c1ccccc1. The second-order valence-electron chi connectivity index (χ2n) is 7.40. The van der Waals surface area contributed by atoms with Crippen molar-refractivity contribution < 1.29 is 9.90 Å². The molecule has 3 heteroatoms. The zero-order valence-corrected chi connectivity index (χ0v) is 16.4. The lowest BCUT2D eigenvalue weighted by Gasteiger charge is -2.41. The molecule has 2 aromatic carbocycles. The van der Waals surface area contributed by atoms with E-state index < -0.39 is 8.32 Å². The van der Waals surface area contributed by atoms with Crippen LogP contribution in [0.1, 0.15) is 39.5 Å². The summed E-state index contributed by atoms with van der Waals surface area (Å²) in [5.74, 6) is 0. The van der Waals surface area contributed by atoms with Gasteiger partial charge in [-0.1, -0.05) is 87.0 Å². The molecule has 2 rings (SSSR count). The van der Waals surface area contributed by atoms with Crippen molar-refractivity contribution in [3.8, 4) is 0 Å². The average molecular weight is 355 g/mol. The highest BCUT2D eigenvalue weighted by atomic mass is 28.4. The van der Waals surface area contributed by atoms with Crippen molar-refractivity contribution in [2.75, 3.05) is 0 Å². The molecule has 0 aromatic heterocycles. The van der Waals surface area contributed by atoms with E-state index in [2.05, 4.69) is 20.4 Å². The van der Waals surface area contributed by atoms with Crippen LogP contribution in [0.2, 0.25) is 5.04 Å². The number of hydrogen-bond donors (Lipinski definition) is 2. The zero-order chi connectivity index (χ0) is 18.3. The molecule has 0 aliphatic heterocycles. The van der Waals surface area contributed by atoms with Gasteiger partial charge < -0.3 is 9.90 Å². The van der Waals surface area contributed by atoms with Gasteiger partial charge in [-0.25, -0.2) is 0 Å². The van der Waals surface area contributed by atoms with Gasteiger partial charge in [0.2, 0.25) is 0 Å². The first-order valence-corrected chi connectivity index (χ1v) is 11.0. The molecule has 0 saturated heterocycles. The number of aliphatic hydroxyl groups is 1. The fraction of sp³-hybridized carbons (Fsp3) is 0.364. The monoisotopic (exact) mass is 354 g/mol. The molecule has 2 aromatic rings. The van der Waals surface area contributed by atoms with Gasteiger partial charge in [-0.2, -0.15) is 0 Å². The Labute approximate surface area is 153 Å². The van der Waals surface area contributed by atoms with Gasteiger partial charge in [0.1, 0.15) is 0 Å². The maximum absolute atomic E-state index is 12.0. The fourth-order valence-corrected chi connectivity index (χ4v) is 7.36. The number of aliphatic hydroxyl groups excluding tert-OH is 1. The van der Waals surface area contributed by atoms with E-state index in [1.165, 1.54) is 0 Å². The third-order valence-electron chi connectivity index (χ3n) is 5.14. The Morgan fingerprint density at radius 1 is 1.00 bits per heavy atom. The second-order valence-corrected chi connectivity index (χ2v) is 11.3. The predicted octanol–water partition coefficient (Wildman–Crippen LogP) is 3.63. The lowest BCUT2D eigenvalue weighted by Crippen LogP contribution is -2.65. The summed E-state index contributed by atoms with van der Waals surface area (Å²) in [6.07, 6.45) is 4.54. The van der Waals surface area contributed by atoms with Crippen LogP contribution in [0.15, 0.2) is 73.3 Å². The maximum Gasteiger partial charge on any atom is 0.258 e. The molecule has 0 radical (unpaired) electrons. The third kappa shape index (κ3) is 4.49. The van der Waals surface area contributed by atoms with Crippen LogP contribution >= 0.6 is 0 Å². The molecule has 25 heavy (non-hydrogen) atoms. The lowest BCUT2D eigenvalue weighted by molar-refractivity contribution is 0.162. The Hall–Kier alpha value is -1.68. The van der Waals surface area contributed by atoms with Crippen LogP contribution < -0.4 is 10.4 Å². The molecular formula is C22H30O2Si. The van der Waals surface area contributed by atoms with Crippen LogP contribution in [0, 0.1) is 0 Å². The molecule has 0 heterocycles. The smallest absolute Gasteiger partial charge is 0.258 e. The summed E-state index contributed by atoms with van der Waals surface area (Å²) < 4.78 is 0. The standard InChI is InChI=1S/C22H30O2Si/c1-4-12-19(23)13-11-18-22(2,3)25(24,20-14-7-5-8-15-20)21-16-9-6-10-17-21/h4-10,14-17,19,23-24H,1,11-13,18H2,2-3H3/t19-/m1/s1. The molecule has 1 atom stereocenters. The number of rotatable bonds is 9. The maximum atomic E-state index is 12.0. The highest BCUT2D eigenvalue weighted by Crippen LogP contribution is 2.40. The van der Waals surface area contributed by atoms with E-state index in [1.807, 2.05) is 60.7 Å². The molecule has 0 fully saturated rings. The van der Waals surface area contributed by atoms with Gasteiger partial charge in [0.05, 0.1) is 6.10 Å². The van der Waals surface area contributed by atoms with E-state index in [0.29, 0.717) is 6.42 Å². The van der Waals surface area contributed by atoms with E-state index in [4.69, 9.17) is 0 Å². The van der Waals surface area contributed by atoms with Gasteiger partial charge >= 0.3 is 0 Å². The largest absolute Gasteiger partial charge is 0.424 e. The molecule has 0 aliphatic carbocycles. The Morgan fingerprint density at radius 2 is 1.48 bits per heavy atom. The molecule has 0 unspecified atom stereocenters. The highest BCUT2D eigenvalue weighted by molar-refractivity contribution is 6.98. The first-order chi connectivity index (χ1) is 11.9. The fourth-order valence-electron chi connectivity index (χ4n) is 3.58.